The highest BCUT2D eigenvalue weighted by Gasteiger charge is 2.19. The van der Waals surface area contributed by atoms with Crippen molar-refractivity contribution < 1.29 is 0 Å². The lowest BCUT2D eigenvalue weighted by atomic mass is 9.96. The maximum absolute atomic E-state index is 4.62. The van der Waals surface area contributed by atoms with E-state index in [1.54, 1.807) is 11.3 Å². The second-order valence-electron chi connectivity index (χ2n) is 2.94. The molecule has 0 N–H and O–H groups in total. The maximum atomic E-state index is 4.62. The number of hydrogen-bond acceptors (Lipinski definition) is 3. The molecule has 0 radical (unpaired) electrons. The minimum Gasteiger partial charge on any atom is -0.223 e. The largest absolute Gasteiger partial charge is 0.223 e. The number of aryl methyl sites for hydroxylation is 1. The van der Waals surface area contributed by atoms with Crippen LogP contribution in [0.2, 0.25) is 0 Å². The average molecular weight is 195 g/mol. The molecule has 1 unspecified atom stereocenters. The molecule has 0 aromatic carbocycles. The third-order valence-corrected chi connectivity index (χ3v) is 3.38. The first kappa shape index (κ1) is 8.11. The van der Waals surface area contributed by atoms with Gasteiger partial charge in [0.05, 0.1) is 11.2 Å². The van der Waals surface area contributed by atoms with Gasteiger partial charge in [0.25, 0.3) is 0 Å². The Hall–Kier alpha value is -0.500. The zero-order valence-electron chi connectivity index (χ0n) is 6.62. The number of thiocarbonyl (C=S) groups is 1. The van der Waals surface area contributed by atoms with Crippen molar-refractivity contribution >= 4 is 28.7 Å². The van der Waals surface area contributed by atoms with Crippen LogP contribution in [-0.4, -0.2) is 5.16 Å². The Kier molecular flexibility index (Phi) is 2.35. The number of fused-ring (bicyclic) bond motifs is 1. The van der Waals surface area contributed by atoms with Gasteiger partial charge in [0.2, 0.25) is 0 Å². The van der Waals surface area contributed by atoms with Gasteiger partial charge < -0.3 is 0 Å². The molecular weight excluding hydrogens is 186 g/mol. The van der Waals surface area contributed by atoms with E-state index < -0.39 is 0 Å². The first-order chi connectivity index (χ1) is 5.92. The molecule has 1 aliphatic rings. The highest BCUT2D eigenvalue weighted by molar-refractivity contribution is 7.78. The number of thiophene rings is 1. The topological polar surface area (TPSA) is 12.4 Å². The van der Waals surface area contributed by atoms with Gasteiger partial charge in [-0.3, -0.25) is 0 Å². The smallest absolute Gasteiger partial charge is 0.0946 e. The summed E-state index contributed by atoms with van der Waals surface area (Å²) >= 11 is 6.42. The number of rotatable bonds is 1. The molecule has 62 valence electrons. The first-order valence-corrected chi connectivity index (χ1v) is 5.34. The fraction of sp³-hybridized carbons (Fsp3) is 0.444. The SMILES string of the molecule is S=C=NC1CCCc2ccsc21. The zero-order valence-corrected chi connectivity index (χ0v) is 8.25. The molecule has 1 heterocycles. The summed E-state index contributed by atoms with van der Waals surface area (Å²) in [6, 6.07) is 2.51. The Balaban J connectivity index is 2.37. The van der Waals surface area contributed by atoms with Gasteiger partial charge in [-0.05, 0) is 48.5 Å². The van der Waals surface area contributed by atoms with Crippen molar-refractivity contribution in [2.75, 3.05) is 0 Å². The van der Waals surface area contributed by atoms with Crippen LogP contribution in [0.5, 0.6) is 0 Å². The molecule has 1 nitrogen and oxygen atoms in total. The molecule has 3 heteroatoms. The van der Waals surface area contributed by atoms with Crippen LogP contribution < -0.4 is 0 Å². The van der Waals surface area contributed by atoms with Crippen LogP contribution in [0.15, 0.2) is 16.4 Å². The Bertz CT molecular complexity index is 323. The van der Waals surface area contributed by atoms with Crippen molar-refractivity contribution in [3.63, 3.8) is 0 Å². The van der Waals surface area contributed by atoms with Gasteiger partial charge in [0.1, 0.15) is 0 Å². The summed E-state index contributed by atoms with van der Waals surface area (Å²) in [5.41, 5.74) is 1.46. The molecule has 0 bridgehead atoms. The van der Waals surface area contributed by atoms with Crippen LogP contribution >= 0.6 is 23.6 Å². The van der Waals surface area contributed by atoms with E-state index in [1.165, 1.54) is 23.3 Å². The molecule has 0 saturated carbocycles. The van der Waals surface area contributed by atoms with Crippen molar-refractivity contribution in [1.29, 1.82) is 0 Å². The number of hydrogen-bond donors (Lipinski definition) is 0. The third kappa shape index (κ3) is 1.36. The fourth-order valence-corrected chi connectivity index (χ4v) is 2.81. The predicted octanol–water partition coefficient (Wildman–Crippen LogP) is 3.23. The number of nitrogens with zero attached hydrogens (tertiary/aromatic N) is 1. The lowest BCUT2D eigenvalue weighted by Gasteiger charge is -2.16. The second kappa shape index (κ2) is 3.48. The molecule has 12 heavy (non-hydrogen) atoms. The van der Waals surface area contributed by atoms with Crippen LogP contribution in [0, 0.1) is 0 Å². The third-order valence-electron chi connectivity index (χ3n) is 2.22. The van der Waals surface area contributed by atoms with Gasteiger partial charge in [0, 0.05) is 4.88 Å². The molecule has 0 spiro atoms. The Morgan fingerprint density at radius 3 is 3.42 bits per heavy atom. The molecule has 0 aliphatic heterocycles. The average Bonchev–Trinajstić information content (AvgIpc) is 2.53. The lowest BCUT2D eigenvalue weighted by molar-refractivity contribution is 0.586. The summed E-state index contributed by atoms with van der Waals surface area (Å²) in [5, 5.41) is 4.62. The van der Waals surface area contributed by atoms with Gasteiger partial charge in [-0.25, -0.2) is 4.99 Å². The van der Waals surface area contributed by atoms with E-state index in [0.29, 0.717) is 6.04 Å². The van der Waals surface area contributed by atoms with Crippen molar-refractivity contribution in [1.82, 2.24) is 0 Å². The van der Waals surface area contributed by atoms with Gasteiger partial charge in [-0.2, -0.15) is 0 Å². The summed E-state index contributed by atoms with van der Waals surface area (Å²) in [7, 11) is 0. The molecule has 0 amide bonds. The second-order valence-corrected chi connectivity index (χ2v) is 4.07. The Labute approximate surface area is 81.1 Å². The van der Waals surface area contributed by atoms with Crippen molar-refractivity contribution in [2.24, 2.45) is 4.99 Å². The van der Waals surface area contributed by atoms with Gasteiger partial charge in [-0.1, -0.05) is 0 Å². The molecule has 0 fully saturated rings. The van der Waals surface area contributed by atoms with Crippen LogP contribution in [0.1, 0.15) is 29.3 Å². The molecule has 1 aromatic heterocycles. The highest BCUT2D eigenvalue weighted by atomic mass is 32.1. The van der Waals surface area contributed by atoms with Gasteiger partial charge >= 0.3 is 0 Å². The summed E-state index contributed by atoms with van der Waals surface area (Å²) in [6.07, 6.45) is 3.58. The summed E-state index contributed by atoms with van der Waals surface area (Å²) in [6.45, 7) is 0. The normalized spacial score (nSPS) is 21.2. The van der Waals surface area contributed by atoms with E-state index >= 15 is 0 Å². The molecule has 1 atom stereocenters. The fourth-order valence-electron chi connectivity index (χ4n) is 1.65. The molecular formula is C9H9NS2. The van der Waals surface area contributed by atoms with Crippen LogP contribution in [0.3, 0.4) is 0 Å². The van der Waals surface area contributed by atoms with E-state index in [1.807, 2.05) is 0 Å². The van der Waals surface area contributed by atoms with Gasteiger partial charge in [0.15, 0.2) is 0 Å². The number of aliphatic imine (C=N–C) groups is 1. The molecule has 1 aromatic rings. The van der Waals surface area contributed by atoms with Crippen LogP contribution in [-0.2, 0) is 6.42 Å². The van der Waals surface area contributed by atoms with Crippen molar-refractivity contribution in [2.45, 2.75) is 25.3 Å². The summed E-state index contributed by atoms with van der Waals surface area (Å²) < 4.78 is 0. The maximum Gasteiger partial charge on any atom is 0.0946 e. The minimum atomic E-state index is 0.311. The Morgan fingerprint density at radius 1 is 1.67 bits per heavy atom. The standard InChI is InChI=1S/C9H9NS2/c11-6-10-8-3-1-2-7-4-5-12-9(7)8/h4-5,8H,1-3H2. The van der Waals surface area contributed by atoms with E-state index in [9.17, 15) is 0 Å². The first-order valence-electron chi connectivity index (χ1n) is 4.05. The van der Waals surface area contributed by atoms with E-state index in [2.05, 4.69) is 33.8 Å². The molecule has 1 aliphatic carbocycles. The van der Waals surface area contributed by atoms with Crippen molar-refractivity contribution in [3.05, 3.63) is 21.9 Å². The quantitative estimate of drug-likeness (QED) is 0.495. The summed E-state index contributed by atoms with van der Waals surface area (Å²) in [5.74, 6) is 0. The molecule has 2 rings (SSSR count). The van der Waals surface area contributed by atoms with Gasteiger partial charge in [-0.15, -0.1) is 11.3 Å². The highest BCUT2D eigenvalue weighted by Crippen LogP contribution is 2.35. The van der Waals surface area contributed by atoms with Crippen LogP contribution in [0.4, 0.5) is 0 Å². The monoisotopic (exact) mass is 195 g/mol. The van der Waals surface area contributed by atoms with Crippen LogP contribution in [0.25, 0.3) is 0 Å². The van der Waals surface area contributed by atoms with E-state index in [-0.39, 0.29) is 0 Å². The summed E-state index contributed by atoms with van der Waals surface area (Å²) in [4.78, 5) is 5.57. The lowest BCUT2D eigenvalue weighted by Crippen LogP contribution is -2.03. The molecule has 0 saturated heterocycles. The van der Waals surface area contributed by atoms with E-state index in [4.69, 9.17) is 0 Å². The zero-order chi connectivity index (χ0) is 8.39. The Morgan fingerprint density at radius 2 is 2.58 bits per heavy atom. The van der Waals surface area contributed by atoms with Crippen molar-refractivity contribution in [3.8, 4) is 0 Å². The minimum absolute atomic E-state index is 0.311. The van der Waals surface area contributed by atoms with E-state index in [0.717, 1.165) is 6.42 Å². The predicted molar refractivity (Wildman–Crippen MR) is 55.0 cm³/mol. The number of isothiocyanates is 1.